The first-order chi connectivity index (χ1) is 9.19. The number of benzene rings is 1. The highest BCUT2D eigenvalue weighted by Crippen LogP contribution is 2.27. The van der Waals surface area contributed by atoms with Crippen LogP contribution >= 0.6 is 0 Å². The van der Waals surface area contributed by atoms with Gasteiger partial charge in [0.15, 0.2) is 0 Å². The summed E-state index contributed by atoms with van der Waals surface area (Å²) in [6.07, 6.45) is 2.58. The number of anilines is 1. The van der Waals surface area contributed by atoms with E-state index in [0.29, 0.717) is 30.0 Å². The summed E-state index contributed by atoms with van der Waals surface area (Å²) in [5.41, 5.74) is 1.25. The van der Waals surface area contributed by atoms with E-state index in [1.165, 1.54) is 0 Å². The minimum absolute atomic E-state index is 0.206. The molecular formula is C14H18N2O3. The van der Waals surface area contributed by atoms with Crippen molar-refractivity contribution >= 4 is 11.7 Å². The Bertz CT molecular complexity index is 466. The van der Waals surface area contributed by atoms with Gasteiger partial charge in [0.25, 0.3) is 0 Å². The number of ether oxygens (including phenoxy) is 1. The summed E-state index contributed by atoms with van der Waals surface area (Å²) in [5.74, 6) is -0.117. The van der Waals surface area contributed by atoms with E-state index in [9.17, 15) is 4.79 Å². The van der Waals surface area contributed by atoms with Gasteiger partial charge in [-0.2, -0.15) is 5.26 Å². The second-order valence-electron chi connectivity index (χ2n) is 4.13. The van der Waals surface area contributed by atoms with Crippen LogP contribution in [0.25, 0.3) is 0 Å². The molecule has 1 rings (SSSR count). The number of nitrogens with one attached hydrogen (secondary N) is 1. The second kappa shape index (κ2) is 7.98. The second-order valence-corrected chi connectivity index (χ2v) is 4.13. The van der Waals surface area contributed by atoms with Crippen molar-refractivity contribution in [1.82, 2.24) is 0 Å². The lowest BCUT2D eigenvalue weighted by molar-refractivity contribution is -0.137. The molecule has 0 atom stereocenters. The summed E-state index contributed by atoms with van der Waals surface area (Å²) in [6, 6.07) is 7.42. The molecule has 5 nitrogen and oxygen atoms in total. The number of unbranched alkanes of at least 4 members (excludes halogenated alkanes) is 2. The van der Waals surface area contributed by atoms with Gasteiger partial charge in [0, 0.05) is 13.0 Å². The Kier molecular flexibility index (Phi) is 6.23. The predicted octanol–water partition coefficient (Wildman–Crippen LogP) is 2.62. The normalized spacial score (nSPS) is 9.68. The minimum Gasteiger partial charge on any atom is -0.495 e. The SMILES string of the molecule is COc1cccc(C#N)c1NCCCCCC(=O)O. The molecular weight excluding hydrogens is 244 g/mol. The monoisotopic (exact) mass is 262 g/mol. The van der Waals surface area contributed by atoms with Crippen molar-refractivity contribution in [3.63, 3.8) is 0 Å². The zero-order valence-electron chi connectivity index (χ0n) is 11.0. The van der Waals surface area contributed by atoms with Gasteiger partial charge < -0.3 is 15.2 Å². The predicted molar refractivity (Wildman–Crippen MR) is 72.3 cm³/mol. The zero-order valence-corrected chi connectivity index (χ0v) is 11.0. The number of hydrogen-bond acceptors (Lipinski definition) is 4. The first kappa shape index (κ1) is 14.8. The Balaban J connectivity index is 2.44. The molecule has 0 bridgehead atoms. The molecule has 1 aromatic carbocycles. The maximum atomic E-state index is 10.4. The van der Waals surface area contributed by atoms with Gasteiger partial charge in [0.1, 0.15) is 11.8 Å². The van der Waals surface area contributed by atoms with Crippen LogP contribution in [0.1, 0.15) is 31.2 Å². The maximum absolute atomic E-state index is 10.4. The van der Waals surface area contributed by atoms with Crippen molar-refractivity contribution in [2.75, 3.05) is 19.0 Å². The zero-order chi connectivity index (χ0) is 14.1. The number of carbonyl (C=O) groups is 1. The fraction of sp³-hybridized carbons (Fsp3) is 0.429. The van der Waals surface area contributed by atoms with Crippen LogP contribution in [0.2, 0.25) is 0 Å². The van der Waals surface area contributed by atoms with Gasteiger partial charge in [-0.3, -0.25) is 4.79 Å². The first-order valence-corrected chi connectivity index (χ1v) is 6.21. The topological polar surface area (TPSA) is 82.3 Å². The van der Waals surface area contributed by atoms with Gasteiger partial charge in [-0.25, -0.2) is 0 Å². The number of rotatable bonds is 8. The van der Waals surface area contributed by atoms with Crippen LogP contribution in [0.4, 0.5) is 5.69 Å². The van der Waals surface area contributed by atoms with Crippen LogP contribution in [-0.2, 0) is 4.79 Å². The molecule has 2 N–H and O–H groups in total. The van der Waals surface area contributed by atoms with Crippen LogP contribution < -0.4 is 10.1 Å². The van der Waals surface area contributed by atoms with Gasteiger partial charge in [-0.15, -0.1) is 0 Å². The number of nitriles is 1. The van der Waals surface area contributed by atoms with E-state index in [4.69, 9.17) is 15.1 Å². The molecule has 0 aliphatic carbocycles. The summed E-state index contributed by atoms with van der Waals surface area (Å²) in [5, 5.41) is 20.7. The number of aliphatic carboxylic acids is 1. The highest BCUT2D eigenvalue weighted by Gasteiger charge is 2.07. The van der Waals surface area contributed by atoms with Gasteiger partial charge in [-0.05, 0) is 25.0 Å². The maximum Gasteiger partial charge on any atom is 0.303 e. The fourth-order valence-corrected chi connectivity index (χ4v) is 1.77. The van der Waals surface area contributed by atoms with E-state index in [1.54, 1.807) is 25.3 Å². The third-order valence-corrected chi connectivity index (χ3v) is 2.74. The molecule has 0 amide bonds. The Labute approximate surface area is 112 Å². The van der Waals surface area contributed by atoms with Crippen molar-refractivity contribution < 1.29 is 14.6 Å². The van der Waals surface area contributed by atoms with Gasteiger partial charge in [0.05, 0.1) is 18.4 Å². The van der Waals surface area contributed by atoms with Crippen molar-refractivity contribution in [1.29, 1.82) is 5.26 Å². The number of nitrogens with zero attached hydrogens (tertiary/aromatic N) is 1. The van der Waals surface area contributed by atoms with Gasteiger partial charge >= 0.3 is 5.97 Å². The molecule has 19 heavy (non-hydrogen) atoms. The number of carboxylic acids is 1. The van der Waals surface area contributed by atoms with E-state index < -0.39 is 5.97 Å². The van der Waals surface area contributed by atoms with E-state index in [0.717, 1.165) is 12.8 Å². The molecule has 102 valence electrons. The number of methoxy groups -OCH3 is 1. The quantitative estimate of drug-likeness (QED) is 0.704. The average molecular weight is 262 g/mol. The summed E-state index contributed by atoms with van der Waals surface area (Å²) >= 11 is 0. The number of carboxylic acid groups (broad SMARTS) is 1. The lowest BCUT2D eigenvalue weighted by atomic mass is 10.1. The molecule has 0 heterocycles. The van der Waals surface area contributed by atoms with E-state index in [1.807, 2.05) is 0 Å². The Morgan fingerprint density at radius 3 is 2.84 bits per heavy atom. The molecule has 0 saturated heterocycles. The van der Waals surface area contributed by atoms with Crippen molar-refractivity contribution in [3.05, 3.63) is 23.8 Å². The summed E-state index contributed by atoms with van der Waals surface area (Å²) < 4.78 is 5.21. The molecule has 0 saturated carbocycles. The van der Waals surface area contributed by atoms with Crippen LogP contribution in [0, 0.1) is 11.3 Å². The molecule has 0 radical (unpaired) electrons. The number of para-hydroxylation sites is 1. The third kappa shape index (κ3) is 4.88. The molecule has 0 spiro atoms. The molecule has 0 aliphatic rings. The highest BCUT2D eigenvalue weighted by molar-refractivity contribution is 5.67. The van der Waals surface area contributed by atoms with Crippen molar-refractivity contribution in [2.24, 2.45) is 0 Å². The van der Waals surface area contributed by atoms with Crippen LogP contribution in [0.3, 0.4) is 0 Å². The van der Waals surface area contributed by atoms with Gasteiger partial charge in [-0.1, -0.05) is 12.5 Å². The average Bonchev–Trinajstić information content (AvgIpc) is 2.42. The Morgan fingerprint density at radius 2 is 2.21 bits per heavy atom. The lowest BCUT2D eigenvalue weighted by Crippen LogP contribution is -2.05. The highest BCUT2D eigenvalue weighted by atomic mass is 16.5. The summed E-state index contributed by atoms with van der Waals surface area (Å²) in [6.45, 7) is 0.689. The summed E-state index contributed by atoms with van der Waals surface area (Å²) in [7, 11) is 1.56. The molecule has 5 heteroatoms. The largest absolute Gasteiger partial charge is 0.495 e. The lowest BCUT2D eigenvalue weighted by Gasteiger charge is -2.12. The van der Waals surface area contributed by atoms with Crippen molar-refractivity contribution in [2.45, 2.75) is 25.7 Å². The fourth-order valence-electron chi connectivity index (χ4n) is 1.77. The van der Waals surface area contributed by atoms with Crippen molar-refractivity contribution in [3.8, 4) is 11.8 Å². The van der Waals surface area contributed by atoms with E-state index >= 15 is 0 Å². The van der Waals surface area contributed by atoms with E-state index in [2.05, 4.69) is 11.4 Å². The van der Waals surface area contributed by atoms with Crippen LogP contribution in [0.5, 0.6) is 5.75 Å². The first-order valence-electron chi connectivity index (χ1n) is 6.21. The third-order valence-electron chi connectivity index (χ3n) is 2.74. The summed E-state index contributed by atoms with van der Waals surface area (Å²) in [4.78, 5) is 10.4. The van der Waals surface area contributed by atoms with Crippen LogP contribution in [0.15, 0.2) is 18.2 Å². The molecule has 0 fully saturated rings. The van der Waals surface area contributed by atoms with Crippen LogP contribution in [-0.4, -0.2) is 24.7 Å². The molecule has 0 aliphatic heterocycles. The molecule has 0 aromatic heterocycles. The molecule has 1 aromatic rings. The Morgan fingerprint density at radius 1 is 1.42 bits per heavy atom. The minimum atomic E-state index is -0.760. The number of hydrogen-bond donors (Lipinski definition) is 2. The standard InChI is InChI=1S/C14H18N2O3/c1-19-12-7-5-6-11(10-15)14(12)16-9-4-2-3-8-13(17)18/h5-7,16H,2-4,8-9H2,1H3,(H,17,18). The smallest absolute Gasteiger partial charge is 0.303 e. The Hall–Kier alpha value is -2.22. The molecule has 0 unspecified atom stereocenters. The van der Waals surface area contributed by atoms with E-state index in [-0.39, 0.29) is 6.42 Å². The van der Waals surface area contributed by atoms with Gasteiger partial charge in [0.2, 0.25) is 0 Å².